The number of nitrogens with zero attached hydrogens (tertiary/aromatic N) is 2. The Kier molecular flexibility index (Phi) is 2.48. The first-order valence-electron chi connectivity index (χ1n) is 5.62. The van der Waals surface area contributed by atoms with E-state index in [1.54, 1.807) is 0 Å². The molecule has 3 heteroatoms. The summed E-state index contributed by atoms with van der Waals surface area (Å²) >= 11 is 0. The van der Waals surface area contributed by atoms with Crippen molar-refractivity contribution in [2.45, 2.75) is 52.0 Å². The first kappa shape index (κ1) is 9.56. The van der Waals surface area contributed by atoms with Crippen LogP contribution < -0.4 is 5.73 Å². The van der Waals surface area contributed by atoms with Crippen molar-refractivity contribution >= 4 is 5.82 Å². The summed E-state index contributed by atoms with van der Waals surface area (Å²) < 4.78 is 2.18. The SMILES string of the molecule is CCCc1nc(C2CC2)n(CC)c1N. The molecule has 0 bridgehead atoms. The van der Waals surface area contributed by atoms with Crippen molar-refractivity contribution < 1.29 is 0 Å². The maximum absolute atomic E-state index is 6.07. The fraction of sp³-hybridized carbons (Fsp3) is 0.727. The van der Waals surface area contributed by atoms with Crippen LogP contribution in [0.25, 0.3) is 0 Å². The molecule has 1 fully saturated rings. The van der Waals surface area contributed by atoms with Crippen LogP contribution in [-0.2, 0) is 13.0 Å². The van der Waals surface area contributed by atoms with Gasteiger partial charge >= 0.3 is 0 Å². The van der Waals surface area contributed by atoms with E-state index >= 15 is 0 Å². The van der Waals surface area contributed by atoms with Crippen molar-refractivity contribution in [1.82, 2.24) is 9.55 Å². The molecule has 0 aliphatic heterocycles. The van der Waals surface area contributed by atoms with Gasteiger partial charge in [0.2, 0.25) is 0 Å². The van der Waals surface area contributed by atoms with Crippen molar-refractivity contribution in [2.24, 2.45) is 0 Å². The van der Waals surface area contributed by atoms with Gasteiger partial charge in [-0.2, -0.15) is 0 Å². The molecule has 0 unspecified atom stereocenters. The predicted molar refractivity (Wildman–Crippen MR) is 58.3 cm³/mol. The highest BCUT2D eigenvalue weighted by molar-refractivity contribution is 5.39. The zero-order valence-electron chi connectivity index (χ0n) is 9.08. The monoisotopic (exact) mass is 193 g/mol. The molecule has 1 aromatic heterocycles. The number of imidazole rings is 1. The van der Waals surface area contributed by atoms with Crippen molar-refractivity contribution in [2.75, 3.05) is 5.73 Å². The van der Waals surface area contributed by atoms with Crippen LogP contribution in [0.4, 0.5) is 5.82 Å². The van der Waals surface area contributed by atoms with E-state index in [1.165, 1.54) is 18.7 Å². The van der Waals surface area contributed by atoms with Crippen LogP contribution in [0.2, 0.25) is 0 Å². The second-order valence-electron chi connectivity index (χ2n) is 4.07. The molecular formula is C11H19N3. The van der Waals surface area contributed by atoms with E-state index in [2.05, 4.69) is 23.4 Å². The van der Waals surface area contributed by atoms with Crippen LogP contribution in [0.5, 0.6) is 0 Å². The lowest BCUT2D eigenvalue weighted by atomic mass is 10.2. The topological polar surface area (TPSA) is 43.8 Å². The van der Waals surface area contributed by atoms with Gasteiger partial charge in [0.25, 0.3) is 0 Å². The standard InChI is InChI=1S/C11H19N3/c1-3-5-9-10(12)14(4-2)11(13-9)8-6-7-8/h8H,3-7,12H2,1-2H3. The van der Waals surface area contributed by atoms with Gasteiger partial charge in [0.15, 0.2) is 0 Å². The van der Waals surface area contributed by atoms with Gasteiger partial charge in [0.1, 0.15) is 11.6 Å². The Morgan fingerprint density at radius 3 is 2.64 bits per heavy atom. The molecule has 0 spiro atoms. The maximum Gasteiger partial charge on any atom is 0.126 e. The third-order valence-electron chi connectivity index (χ3n) is 2.86. The number of hydrogen-bond donors (Lipinski definition) is 1. The summed E-state index contributed by atoms with van der Waals surface area (Å²) in [5.41, 5.74) is 7.17. The molecule has 0 saturated heterocycles. The molecule has 0 atom stereocenters. The predicted octanol–water partition coefficient (Wildman–Crippen LogP) is 2.32. The lowest BCUT2D eigenvalue weighted by Gasteiger charge is -2.04. The molecule has 0 aromatic carbocycles. The second-order valence-corrected chi connectivity index (χ2v) is 4.07. The Labute approximate surface area is 85.3 Å². The molecule has 1 heterocycles. The fourth-order valence-corrected chi connectivity index (χ4v) is 1.94. The molecule has 78 valence electrons. The number of aromatic nitrogens is 2. The highest BCUT2D eigenvalue weighted by Crippen LogP contribution is 2.40. The van der Waals surface area contributed by atoms with Crippen LogP contribution in [0.1, 0.15) is 50.5 Å². The van der Waals surface area contributed by atoms with Crippen molar-refractivity contribution in [3.05, 3.63) is 11.5 Å². The Hall–Kier alpha value is -0.990. The summed E-state index contributed by atoms with van der Waals surface area (Å²) in [5, 5.41) is 0. The number of anilines is 1. The van der Waals surface area contributed by atoms with Gasteiger partial charge in [-0.15, -0.1) is 0 Å². The normalized spacial score (nSPS) is 16.1. The van der Waals surface area contributed by atoms with Gasteiger partial charge in [0.05, 0.1) is 5.69 Å². The fourth-order valence-electron chi connectivity index (χ4n) is 1.94. The molecule has 2 N–H and O–H groups in total. The summed E-state index contributed by atoms with van der Waals surface area (Å²) in [6, 6.07) is 0. The average molecular weight is 193 g/mol. The van der Waals surface area contributed by atoms with E-state index < -0.39 is 0 Å². The number of rotatable bonds is 4. The van der Waals surface area contributed by atoms with E-state index in [4.69, 9.17) is 5.73 Å². The van der Waals surface area contributed by atoms with Gasteiger partial charge in [-0.25, -0.2) is 4.98 Å². The number of hydrogen-bond acceptors (Lipinski definition) is 2. The zero-order chi connectivity index (χ0) is 10.1. The quantitative estimate of drug-likeness (QED) is 0.797. The highest BCUT2D eigenvalue weighted by Gasteiger charge is 2.29. The number of nitrogens with two attached hydrogens (primary N) is 1. The Morgan fingerprint density at radius 2 is 2.14 bits per heavy atom. The summed E-state index contributed by atoms with van der Waals surface area (Å²) in [5.74, 6) is 2.83. The Morgan fingerprint density at radius 1 is 1.43 bits per heavy atom. The molecule has 1 aliphatic carbocycles. The van der Waals surface area contributed by atoms with Gasteiger partial charge in [-0.1, -0.05) is 13.3 Å². The second kappa shape index (κ2) is 3.64. The summed E-state index contributed by atoms with van der Waals surface area (Å²) in [4.78, 5) is 4.67. The van der Waals surface area contributed by atoms with E-state index in [1.807, 2.05) is 0 Å². The molecule has 1 aromatic rings. The molecule has 1 saturated carbocycles. The first-order chi connectivity index (χ1) is 6.77. The minimum absolute atomic E-state index is 0.697. The van der Waals surface area contributed by atoms with E-state index in [9.17, 15) is 0 Å². The number of aryl methyl sites for hydroxylation is 1. The molecule has 2 rings (SSSR count). The van der Waals surface area contributed by atoms with Crippen LogP contribution >= 0.6 is 0 Å². The van der Waals surface area contributed by atoms with Crippen LogP contribution in [0.3, 0.4) is 0 Å². The molecule has 14 heavy (non-hydrogen) atoms. The summed E-state index contributed by atoms with van der Waals surface area (Å²) in [6.45, 7) is 5.26. The summed E-state index contributed by atoms with van der Waals surface area (Å²) in [7, 11) is 0. The largest absolute Gasteiger partial charge is 0.384 e. The third kappa shape index (κ3) is 1.51. The minimum atomic E-state index is 0.697. The smallest absolute Gasteiger partial charge is 0.126 e. The van der Waals surface area contributed by atoms with Gasteiger partial charge in [-0.05, 0) is 26.2 Å². The molecule has 0 radical (unpaired) electrons. The molecule has 1 aliphatic rings. The van der Waals surface area contributed by atoms with Crippen LogP contribution in [-0.4, -0.2) is 9.55 Å². The van der Waals surface area contributed by atoms with Crippen molar-refractivity contribution in [3.63, 3.8) is 0 Å². The molecule has 0 amide bonds. The third-order valence-corrected chi connectivity index (χ3v) is 2.86. The maximum atomic E-state index is 6.07. The van der Waals surface area contributed by atoms with E-state index in [0.717, 1.165) is 30.9 Å². The molecular weight excluding hydrogens is 174 g/mol. The van der Waals surface area contributed by atoms with Crippen molar-refractivity contribution in [1.29, 1.82) is 0 Å². The highest BCUT2D eigenvalue weighted by atomic mass is 15.1. The van der Waals surface area contributed by atoms with Gasteiger partial charge in [0, 0.05) is 12.5 Å². The van der Waals surface area contributed by atoms with Crippen LogP contribution in [0.15, 0.2) is 0 Å². The van der Waals surface area contributed by atoms with Crippen LogP contribution in [0, 0.1) is 0 Å². The Bertz CT molecular complexity index is 324. The van der Waals surface area contributed by atoms with Crippen molar-refractivity contribution in [3.8, 4) is 0 Å². The summed E-state index contributed by atoms with van der Waals surface area (Å²) in [6.07, 6.45) is 4.72. The first-order valence-corrected chi connectivity index (χ1v) is 5.62. The average Bonchev–Trinajstić information content (AvgIpc) is 2.95. The Balaban J connectivity index is 2.33. The zero-order valence-corrected chi connectivity index (χ0v) is 9.08. The van der Waals surface area contributed by atoms with E-state index in [0.29, 0.717) is 5.92 Å². The van der Waals surface area contributed by atoms with Gasteiger partial charge < -0.3 is 10.3 Å². The lowest BCUT2D eigenvalue weighted by Crippen LogP contribution is -2.04. The number of nitrogen functional groups attached to an aromatic ring is 1. The minimum Gasteiger partial charge on any atom is -0.384 e. The molecule has 3 nitrogen and oxygen atoms in total. The van der Waals surface area contributed by atoms with E-state index in [-0.39, 0.29) is 0 Å². The lowest BCUT2D eigenvalue weighted by molar-refractivity contribution is 0.708. The van der Waals surface area contributed by atoms with Gasteiger partial charge in [-0.3, -0.25) is 0 Å².